The van der Waals surface area contributed by atoms with Crippen LogP contribution in [-0.2, 0) is 4.79 Å². The van der Waals surface area contributed by atoms with Crippen molar-refractivity contribution in [2.24, 2.45) is 0 Å². The Bertz CT molecular complexity index is 620. The van der Waals surface area contributed by atoms with Crippen LogP contribution in [-0.4, -0.2) is 21.9 Å². The Morgan fingerprint density at radius 2 is 2.20 bits per heavy atom. The van der Waals surface area contributed by atoms with Crippen LogP contribution in [0.25, 0.3) is 0 Å². The summed E-state index contributed by atoms with van der Waals surface area (Å²) >= 11 is 14.6. The van der Waals surface area contributed by atoms with Crippen molar-refractivity contribution >= 4 is 63.0 Å². The minimum Gasteiger partial charge on any atom is -0.374 e. The molecule has 106 valence electrons. The van der Waals surface area contributed by atoms with E-state index in [1.54, 1.807) is 18.2 Å². The maximum atomic E-state index is 11.8. The summed E-state index contributed by atoms with van der Waals surface area (Å²) in [5.74, 6) is 0.442. The summed E-state index contributed by atoms with van der Waals surface area (Å²) in [6, 6.07) is 5.09. The van der Waals surface area contributed by atoms with E-state index in [1.165, 1.54) is 23.1 Å². The number of carbonyl (C=O) groups is 1. The van der Waals surface area contributed by atoms with Crippen molar-refractivity contribution in [2.75, 3.05) is 16.8 Å². The topological polar surface area (TPSA) is 80.9 Å². The summed E-state index contributed by atoms with van der Waals surface area (Å²) in [7, 11) is 0. The first kappa shape index (κ1) is 15.4. The summed E-state index contributed by atoms with van der Waals surface area (Å²) in [6.07, 6.45) is 0.326. The Kier molecular flexibility index (Phi) is 5.47. The highest BCUT2D eigenvalue weighted by atomic mass is 35.5. The fraction of sp³-hybridized carbons (Fsp3) is 0.182. The lowest BCUT2D eigenvalue weighted by molar-refractivity contribution is -0.115. The lowest BCUT2D eigenvalue weighted by Gasteiger charge is -2.07. The zero-order chi connectivity index (χ0) is 14.5. The molecule has 0 radical (unpaired) electrons. The van der Waals surface area contributed by atoms with Crippen LogP contribution in [0.5, 0.6) is 0 Å². The summed E-state index contributed by atoms with van der Waals surface area (Å²) in [4.78, 5) is 11.8. The van der Waals surface area contributed by atoms with Crippen molar-refractivity contribution in [1.29, 1.82) is 0 Å². The van der Waals surface area contributed by atoms with Gasteiger partial charge in [0.1, 0.15) is 0 Å². The molecule has 20 heavy (non-hydrogen) atoms. The van der Waals surface area contributed by atoms with Crippen LogP contribution in [0.3, 0.4) is 0 Å². The van der Waals surface area contributed by atoms with Crippen LogP contribution in [0.4, 0.5) is 10.8 Å². The van der Waals surface area contributed by atoms with E-state index in [4.69, 9.17) is 28.9 Å². The third-order valence-corrected chi connectivity index (χ3v) is 4.91. The van der Waals surface area contributed by atoms with E-state index in [2.05, 4.69) is 15.5 Å². The summed E-state index contributed by atoms with van der Waals surface area (Å²) < 4.78 is 0.746. The van der Waals surface area contributed by atoms with Crippen LogP contribution in [0, 0.1) is 0 Å². The molecule has 1 aromatic heterocycles. The van der Waals surface area contributed by atoms with Crippen LogP contribution < -0.4 is 11.1 Å². The molecule has 0 aliphatic rings. The summed E-state index contributed by atoms with van der Waals surface area (Å²) in [6.45, 7) is 0. The molecule has 0 aliphatic heterocycles. The van der Waals surface area contributed by atoms with Gasteiger partial charge >= 0.3 is 0 Å². The highest BCUT2D eigenvalue weighted by Gasteiger charge is 2.09. The van der Waals surface area contributed by atoms with Crippen molar-refractivity contribution < 1.29 is 4.79 Å². The van der Waals surface area contributed by atoms with E-state index in [9.17, 15) is 4.79 Å². The number of aromatic nitrogens is 2. The molecule has 2 rings (SSSR count). The Labute approximate surface area is 133 Å². The average molecular weight is 349 g/mol. The van der Waals surface area contributed by atoms with E-state index < -0.39 is 0 Å². The van der Waals surface area contributed by atoms with Gasteiger partial charge in [-0.1, -0.05) is 52.4 Å². The second-order valence-electron chi connectivity index (χ2n) is 3.65. The number of hydrogen-bond donors (Lipinski definition) is 2. The molecule has 2 aromatic rings. The Hall–Kier alpha value is -1.02. The van der Waals surface area contributed by atoms with E-state index in [-0.39, 0.29) is 5.91 Å². The Balaban J connectivity index is 1.82. The monoisotopic (exact) mass is 348 g/mol. The lowest BCUT2D eigenvalue weighted by Crippen LogP contribution is -2.12. The molecule has 0 saturated carbocycles. The number of nitrogens with one attached hydrogen (secondary N) is 1. The standard InChI is InChI=1S/C11H10Cl2N4OS2/c12-6-2-1-3-7(9(6)13)15-8(18)4-5-19-11-17-16-10(14)20-11/h1-3H,4-5H2,(H2,14,16)(H,15,18). The van der Waals surface area contributed by atoms with Crippen molar-refractivity contribution in [2.45, 2.75) is 10.8 Å². The minimum absolute atomic E-state index is 0.140. The molecule has 1 aromatic carbocycles. The van der Waals surface area contributed by atoms with Gasteiger partial charge in [0.15, 0.2) is 4.34 Å². The summed E-state index contributed by atoms with van der Waals surface area (Å²) in [5.41, 5.74) is 5.98. The van der Waals surface area contributed by atoms with Crippen LogP contribution in [0.15, 0.2) is 22.5 Å². The number of rotatable bonds is 5. The Morgan fingerprint density at radius 3 is 2.90 bits per heavy atom. The third-order valence-electron chi connectivity index (χ3n) is 2.20. The second kappa shape index (κ2) is 7.12. The van der Waals surface area contributed by atoms with Gasteiger partial charge < -0.3 is 11.1 Å². The van der Waals surface area contributed by atoms with E-state index in [0.717, 1.165) is 4.34 Å². The molecule has 0 fully saturated rings. The number of thioether (sulfide) groups is 1. The molecule has 0 atom stereocenters. The van der Waals surface area contributed by atoms with Crippen molar-refractivity contribution in [3.8, 4) is 0 Å². The van der Waals surface area contributed by atoms with Crippen molar-refractivity contribution in [1.82, 2.24) is 10.2 Å². The molecule has 0 spiro atoms. The molecule has 0 saturated heterocycles. The number of nitrogens with zero attached hydrogens (tertiary/aromatic N) is 2. The normalized spacial score (nSPS) is 10.5. The van der Waals surface area contributed by atoms with Crippen molar-refractivity contribution in [3.05, 3.63) is 28.2 Å². The predicted octanol–water partition coefficient (Wildman–Crippen LogP) is 3.55. The lowest BCUT2D eigenvalue weighted by atomic mass is 10.3. The largest absolute Gasteiger partial charge is 0.374 e. The van der Waals surface area contributed by atoms with Crippen LogP contribution >= 0.6 is 46.3 Å². The smallest absolute Gasteiger partial charge is 0.225 e. The van der Waals surface area contributed by atoms with Gasteiger partial charge in [0.2, 0.25) is 11.0 Å². The van der Waals surface area contributed by atoms with Gasteiger partial charge in [-0.15, -0.1) is 10.2 Å². The molecule has 0 aliphatic carbocycles. The first-order chi connectivity index (χ1) is 9.56. The molecule has 1 heterocycles. The highest BCUT2D eigenvalue weighted by Crippen LogP contribution is 2.30. The minimum atomic E-state index is -0.140. The van der Waals surface area contributed by atoms with Crippen LogP contribution in [0.1, 0.15) is 6.42 Å². The SMILES string of the molecule is Nc1nnc(SCCC(=O)Nc2cccc(Cl)c2Cl)s1. The number of benzene rings is 1. The number of amides is 1. The maximum absolute atomic E-state index is 11.8. The van der Waals surface area contributed by atoms with E-state index in [1.807, 2.05) is 0 Å². The molecular weight excluding hydrogens is 339 g/mol. The van der Waals surface area contributed by atoms with Gasteiger partial charge in [-0.25, -0.2) is 0 Å². The molecule has 0 unspecified atom stereocenters. The van der Waals surface area contributed by atoms with Crippen LogP contribution in [0.2, 0.25) is 10.0 Å². The fourth-order valence-corrected chi connectivity index (χ4v) is 3.32. The van der Waals surface area contributed by atoms with Gasteiger partial charge in [-0.05, 0) is 12.1 Å². The van der Waals surface area contributed by atoms with Gasteiger partial charge in [-0.2, -0.15) is 0 Å². The molecule has 3 N–H and O–H groups in total. The van der Waals surface area contributed by atoms with Gasteiger partial charge in [0.05, 0.1) is 15.7 Å². The van der Waals surface area contributed by atoms with Gasteiger partial charge in [-0.3, -0.25) is 4.79 Å². The molecule has 1 amide bonds. The summed E-state index contributed by atoms with van der Waals surface area (Å²) in [5, 5.41) is 11.4. The van der Waals surface area contributed by atoms with Gasteiger partial charge in [0, 0.05) is 12.2 Å². The van der Waals surface area contributed by atoms with Gasteiger partial charge in [0.25, 0.3) is 0 Å². The zero-order valence-electron chi connectivity index (χ0n) is 10.1. The van der Waals surface area contributed by atoms with Crippen molar-refractivity contribution in [3.63, 3.8) is 0 Å². The number of hydrogen-bond acceptors (Lipinski definition) is 6. The number of anilines is 2. The number of halogens is 2. The molecular formula is C11H10Cl2N4OS2. The number of nitrogens with two attached hydrogens (primary N) is 1. The van der Waals surface area contributed by atoms with E-state index in [0.29, 0.717) is 33.0 Å². The first-order valence-corrected chi connectivity index (χ1v) is 8.07. The number of carbonyl (C=O) groups excluding carboxylic acids is 1. The predicted molar refractivity (Wildman–Crippen MR) is 84.8 cm³/mol. The quantitative estimate of drug-likeness (QED) is 0.807. The first-order valence-electron chi connectivity index (χ1n) is 5.52. The Morgan fingerprint density at radius 1 is 1.40 bits per heavy atom. The molecule has 5 nitrogen and oxygen atoms in total. The average Bonchev–Trinajstić information content (AvgIpc) is 2.81. The van der Waals surface area contributed by atoms with E-state index >= 15 is 0 Å². The zero-order valence-corrected chi connectivity index (χ0v) is 13.2. The second-order valence-corrected chi connectivity index (χ2v) is 6.79. The third kappa shape index (κ3) is 4.24. The molecule has 9 heteroatoms. The highest BCUT2D eigenvalue weighted by molar-refractivity contribution is 8.01. The fourth-order valence-electron chi connectivity index (χ4n) is 1.32. The maximum Gasteiger partial charge on any atom is 0.225 e. The molecule has 0 bridgehead atoms. The number of nitrogen functional groups attached to an aromatic ring is 1.